The summed E-state index contributed by atoms with van der Waals surface area (Å²) in [6, 6.07) is 8.78. The monoisotopic (exact) mass is 307 g/mol. The zero-order valence-corrected chi connectivity index (χ0v) is 12.8. The molecule has 0 bridgehead atoms. The summed E-state index contributed by atoms with van der Waals surface area (Å²) in [5.74, 6) is 1.54. The molecule has 0 fully saturated rings. The van der Waals surface area contributed by atoms with Gasteiger partial charge in [-0.05, 0) is 44.3 Å². The van der Waals surface area contributed by atoms with Crippen molar-refractivity contribution in [1.82, 2.24) is 4.90 Å². The number of hydrogen-bond donors (Lipinski definition) is 2. The quantitative estimate of drug-likeness (QED) is 0.833. The van der Waals surface area contributed by atoms with Crippen molar-refractivity contribution in [2.45, 2.75) is 13.5 Å². The minimum atomic E-state index is -0.146. The van der Waals surface area contributed by atoms with E-state index in [0.29, 0.717) is 22.9 Å². The number of amides is 1. The first-order chi connectivity index (χ1) is 9.94. The van der Waals surface area contributed by atoms with E-state index < -0.39 is 0 Å². The first kappa shape index (κ1) is 15.4. The maximum Gasteiger partial charge on any atom is 0.238 e. The second kappa shape index (κ2) is 6.65. The number of aryl methyl sites for hydroxylation is 1. The lowest BCUT2D eigenvalue weighted by Crippen LogP contribution is -2.29. The van der Waals surface area contributed by atoms with Crippen molar-refractivity contribution in [2.75, 3.05) is 24.6 Å². The van der Waals surface area contributed by atoms with E-state index >= 15 is 0 Å². The fraction of sp³-hybridized carbons (Fsp3) is 0.267. The maximum atomic E-state index is 12.0. The third-order valence-electron chi connectivity index (χ3n) is 2.90. The number of nitrogens with two attached hydrogens (primary N) is 1. The fourth-order valence-corrected chi connectivity index (χ4v) is 2.20. The predicted octanol–water partition coefficient (Wildman–Crippen LogP) is 2.89. The third kappa shape index (κ3) is 4.51. The average molecular weight is 308 g/mol. The Morgan fingerprint density at radius 2 is 2.14 bits per heavy atom. The Morgan fingerprint density at radius 1 is 1.38 bits per heavy atom. The van der Waals surface area contributed by atoms with Gasteiger partial charge in [0.15, 0.2) is 0 Å². The summed E-state index contributed by atoms with van der Waals surface area (Å²) in [7, 11) is 1.85. The summed E-state index contributed by atoms with van der Waals surface area (Å²) in [6.45, 7) is 2.69. The molecule has 0 unspecified atom stereocenters. The van der Waals surface area contributed by atoms with Gasteiger partial charge in [0.1, 0.15) is 11.5 Å². The second-order valence-corrected chi connectivity index (χ2v) is 5.38. The van der Waals surface area contributed by atoms with Crippen LogP contribution in [0.1, 0.15) is 11.5 Å². The van der Waals surface area contributed by atoms with Crippen molar-refractivity contribution in [2.24, 2.45) is 0 Å². The number of carbonyl (C=O) groups excluding carboxylic acids is 1. The van der Waals surface area contributed by atoms with Crippen LogP contribution in [-0.2, 0) is 11.3 Å². The number of likely N-dealkylation sites (N-methyl/N-ethyl adjacent to an activating group) is 1. The molecule has 1 heterocycles. The van der Waals surface area contributed by atoms with Crippen molar-refractivity contribution in [1.29, 1.82) is 0 Å². The number of carbonyl (C=O) groups is 1. The fourth-order valence-electron chi connectivity index (χ4n) is 1.96. The molecule has 0 atom stereocenters. The predicted molar refractivity (Wildman–Crippen MR) is 84.3 cm³/mol. The Hall–Kier alpha value is -1.98. The van der Waals surface area contributed by atoms with E-state index in [2.05, 4.69) is 5.32 Å². The van der Waals surface area contributed by atoms with Crippen LogP contribution >= 0.6 is 11.6 Å². The van der Waals surface area contributed by atoms with Crippen LogP contribution in [0.5, 0.6) is 0 Å². The Bertz CT molecular complexity index is 640. The molecule has 0 saturated heterocycles. The van der Waals surface area contributed by atoms with Gasteiger partial charge in [-0.25, -0.2) is 0 Å². The van der Waals surface area contributed by atoms with Crippen LogP contribution in [0, 0.1) is 6.92 Å². The number of anilines is 2. The van der Waals surface area contributed by atoms with Gasteiger partial charge in [0.05, 0.1) is 23.8 Å². The summed E-state index contributed by atoms with van der Waals surface area (Å²) in [5, 5.41) is 3.18. The molecule has 0 spiro atoms. The number of nitrogen functional groups attached to an aromatic ring is 1. The number of hydrogen-bond acceptors (Lipinski definition) is 4. The largest absolute Gasteiger partial charge is 0.465 e. The molecule has 0 aliphatic rings. The average Bonchev–Trinajstić information content (AvgIpc) is 2.78. The Morgan fingerprint density at radius 3 is 2.76 bits per heavy atom. The van der Waals surface area contributed by atoms with E-state index in [0.717, 1.165) is 11.5 Å². The zero-order valence-electron chi connectivity index (χ0n) is 12.0. The molecule has 1 amide bonds. The highest BCUT2D eigenvalue weighted by Gasteiger charge is 2.11. The van der Waals surface area contributed by atoms with Gasteiger partial charge in [0.2, 0.25) is 5.91 Å². The standard InChI is InChI=1S/C15H18ClN3O2/c1-10-3-5-12(21-10)8-19(2)9-15(20)18-14-6-4-11(17)7-13(14)16/h3-7H,8-9,17H2,1-2H3,(H,18,20). The molecule has 0 aliphatic carbocycles. The van der Waals surface area contributed by atoms with Crippen LogP contribution in [0.4, 0.5) is 11.4 Å². The van der Waals surface area contributed by atoms with Crippen LogP contribution in [0.2, 0.25) is 5.02 Å². The molecule has 0 radical (unpaired) electrons. The van der Waals surface area contributed by atoms with Crippen LogP contribution in [0.3, 0.4) is 0 Å². The molecule has 5 nitrogen and oxygen atoms in total. The van der Waals surface area contributed by atoms with Crippen molar-refractivity contribution in [3.63, 3.8) is 0 Å². The van der Waals surface area contributed by atoms with Crippen LogP contribution in [0.15, 0.2) is 34.7 Å². The van der Waals surface area contributed by atoms with Crippen molar-refractivity contribution >= 4 is 28.9 Å². The molecule has 6 heteroatoms. The van der Waals surface area contributed by atoms with Crippen molar-refractivity contribution < 1.29 is 9.21 Å². The molecule has 112 valence electrons. The molecular weight excluding hydrogens is 290 g/mol. The van der Waals surface area contributed by atoms with E-state index in [1.54, 1.807) is 18.2 Å². The van der Waals surface area contributed by atoms with Crippen LogP contribution < -0.4 is 11.1 Å². The first-order valence-corrected chi connectivity index (χ1v) is 6.90. The van der Waals surface area contributed by atoms with Crippen molar-refractivity contribution in [3.8, 4) is 0 Å². The highest BCUT2D eigenvalue weighted by Crippen LogP contribution is 2.23. The zero-order chi connectivity index (χ0) is 15.4. The summed E-state index contributed by atoms with van der Waals surface area (Å²) in [4.78, 5) is 13.8. The molecule has 21 heavy (non-hydrogen) atoms. The summed E-state index contributed by atoms with van der Waals surface area (Å²) >= 11 is 6.02. The maximum absolute atomic E-state index is 12.0. The Labute approximate surface area is 128 Å². The lowest BCUT2D eigenvalue weighted by molar-refractivity contribution is -0.117. The number of halogens is 1. The van der Waals surface area contributed by atoms with Crippen LogP contribution in [0.25, 0.3) is 0 Å². The molecular formula is C15H18ClN3O2. The Kier molecular flexibility index (Phi) is 4.88. The summed E-state index contributed by atoms with van der Waals surface area (Å²) in [5.41, 5.74) is 6.72. The number of benzene rings is 1. The summed E-state index contributed by atoms with van der Waals surface area (Å²) < 4.78 is 5.48. The number of furan rings is 1. The van der Waals surface area contributed by atoms with Gasteiger partial charge < -0.3 is 15.5 Å². The second-order valence-electron chi connectivity index (χ2n) is 4.97. The van der Waals surface area contributed by atoms with Gasteiger partial charge in [0.25, 0.3) is 0 Å². The summed E-state index contributed by atoms with van der Waals surface area (Å²) in [6.07, 6.45) is 0. The normalized spacial score (nSPS) is 10.9. The molecule has 0 aliphatic heterocycles. The smallest absolute Gasteiger partial charge is 0.238 e. The molecule has 0 saturated carbocycles. The van der Waals surface area contributed by atoms with E-state index in [-0.39, 0.29) is 12.5 Å². The SMILES string of the molecule is Cc1ccc(CN(C)CC(=O)Nc2ccc(N)cc2Cl)o1. The van der Waals surface area contributed by atoms with E-state index in [9.17, 15) is 4.79 Å². The topological polar surface area (TPSA) is 71.5 Å². The highest BCUT2D eigenvalue weighted by atomic mass is 35.5. The van der Waals surface area contributed by atoms with Gasteiger partial charge in [-0.2, -0.15) is 0 Å². The van der Waals surface area contributed by atoms with Gasteiger partial charge in [-0.1, -0.05) is 11.6 Å². The van der Waals surface area contributed by atoms with Crippen molar-refractivity contribution in [3.05, 3.63) is 46.9 Å². The van der Waals surface area contributed by atoms with E-state index in [1.807, 2.05) is 31.0 Å². The van der Waals surface area contributed by atoms with E-state index in [4.69, 9.17) is 21.8 Å². The van der Waals surface area contributed by atoms with Crippen LogP contribution in [-0.4, -0.2) is 24.4 Å². The molecule has 2 aromatic rings. The molecule has 2 rings (SSSR count). The lowest BCUT2D eigenvalue weighted by atomic mass is 10.3. The highest BCUT2D eigenvalue weighted by molar-refractivity contribution is 6.34. The van der Waals surface area contributed by atoms with Gasteiger partial charge >= 0.3 is 0 Å². The minimum absolute atomic E-state index is 0.146. The minimum Gasteiger partial charge on any atom is -0.465 e. The van der Waals surface area contributed by atoms with Gasteiger partial charge in [-0.3, -0.25) is 9.69 Å². The molecule has 3 N–H and O–H groups in total. The number of nitrogens with one attached hydrogen (secondary N) is 1. The molecule has 1 aromatic heterocycles. The molecule has 1 aromatic carbocycles. The number of rotatable bonds is 5. The van der Waals surface area contributed by atoms with Gasteiger partial charge in [0, 0.05) is 5.69 Å². The third-order valence-corrected chi connectivity index (χ3v) is 3.22. The van der Waals surface area contributed by atoms with Gasteiger partial charge in [-0.15, -0.1) is 0 Å². The first-order valence-electron chi connectivity index (χ1n) is 6.53. The lowest BCUT2D eigenvalue weighted by Gasteiger charge is -2.15. The Balaban J connectivity index is 1.89. The van der Waals surface area contributed by atoms with E-state index in [1.165, 1.54) is 0 Å². The number of nitrogens with zero attached hydrogens (tertiary/aromatic N) is 1.